The minimum absolute atomic E-state index is 0.00858. The summed E-state index contributed by atoms with van der Waals surface area (Å²) in [7, 11) is 0. The molecule has 180 valence electrons. The SMILES string of the molecule is Cc1cc(NC(=O)C2(NC(=O)Oc3ccc(Br)s3)CCOC2)ccc1C(=O)N1CCNC(=O)C1. The Morgan fingerprint density at radius 1 is 1.26 bits per heavy atom. The Morgan fingerprint density at radius 3 is 2.74 bits per heavy atom. The van der Waals surface area contributed by atoms with Crippen molar-refractivity contribution >= 4 is 56.8 Å². The molecule has 1 atom stereocenters. The highest BCUT2D eigenvalue weighted by molar-refractivity contribution is 9.11. The van der Waals surface area contributed by atoms with E-state index < -0.39 is 17.5 Å². The monoisotopic (exact) mass is 550 g/mol. The van der Waals surface area contributed by atoms with Crippen molar-refractivity contribution in [3.63, 3.8) is 0 Å². The zero-order valence-corrected chi connectivity index (χ0v) is 20.7. The molecule has 0 bridgehead atoms. The van der Waals surface area contributed by atoms with Gasteiger partial charge >= 0.3 is 6.09 Å². The lowest BCUT2D eigenvalue weighted by Gasteiger charge is -2.28. The molecule has 0 radical (unpaired) electrons. The molecule has 4 amide bonds. The number of ether oxygens (including phenoxy) is 2. The van der Waals surface area contributed by atoms with Crippen LogP contribution in [0, 0.1) is 6.92 Å². The predicted octanol–water partition coefficient (Wildman–Crippen LogP) is 2.28. The first-order valence-corrected chi connectivity index (χ1v) is 12.2. The molecule has 0 spiro atoms. The summed E-state index contributed by atoms with van der Waals surface area (Å²) in [5.41, 5.74) is 0.297. The van der Waals surface area contributed by atoms with Gasteiger partial charge in [-0.05, 0) is 58.7 Å². The molecule has 34 heavy (non-hydrogen) atoms. The number of carbonyl (C=O) groups excluding carboxylic acids is 4. The Labute approximate surface area is 208 Å². The molecule has 2 aliphatic rings. The highest BCUT2D eigenvalue weighted by atomic mass is 79.9. The van der Waals surface area contributed by atoms with E-state index in [0.29, 0.717) is 41.6 Å². The van der Waals surface area contributed by atoms with Gasteiger partial charge in [0.25, 0.3) is 11.8 Å². The average molecular weight is 551 g/mol. The summed E-state index contributed by atoms with van der Waals surface area (Å²) in [4.78, 5) is 51.5. The van der Waals surface area contributed by atoms with Crippen molar-refractivity contribution in [3.8, 4) is 5.06 Å². The zero-order chi connectivity index (χ0) is 24.3. The summed E-state index contributed by atoms with van der Waals surface area (Å²) in [6.45, 7) is 2.96. The van der Waals surface area contributed by atoms with Crippen molar-refractivity contribution in [3.05, 3.63) is 45.2 Å². The number of hydrogen-bond acceptors (Lipinski definition) is 7. The molecule has 2 fully saturated rings. The Balaban J connectivity index is 1.43. The number of aryl methyl sites for hydroxylation is 1. The first-order valence-electron chi connectivity index (χ1n) is 10.6. The molecule has 3 N–H and O–H groups in total. The van der Waals surface area contributed by atoms with E-state index in [-0.39, 0.29) is 31.4 Å². The molecular formula is C22H23BrN4O6S. The molecule has 1 aromatic heterocycles. The minimum Gasteiger partial charge on any atom is -0.399 e. The van der Waals surface area contributed by atoms with Crippen molar-refractivity contribution in [2.24, 2.45) is 0 Å². The average Bonchev–Trinajstić information content (AvgIpc) is 3.43. The molecule has 2 saturated heterocycles. The topological polar surface area (TPSA) is 126 Å². The molecule has 2 aromatic rings. The third-order valence-corrected chi connectivity index (χ3v) is 7.08. The number of amides is 4. The van der Waals surface area contributed by atoms with Crippen molar-refractivity contribution in [2.45, 2.75) is 18.9 Å². The lowest BCUT2D eigenvalue weighted by atomic mass is 9.97. The first-order chi connectivity index (χ1) is 16.3. The number of thiophene rings is 1. The summed E-state index contributed by atoms with van der Waals surface area (Å²) in [5, 5.41) is 8.55. The Bertz CT molecular complexity index is 1130. The van der Waals surface area contributed by atoms with Gasteiger partial charge in [0.15, 0.2) is 5.06 Å². The second-order valence-corrected chi connectivity index (χ2v) is 10.4. The van der Waals surface area contributed by atoms with Crippen LogP contribution in [0.25, 0.3) is 0 Å². The van der Waals surface area contributed by atoms with Crippen molar-refractivity contribution < 1.29 is 28.7 Å². The van der Waals surface area contributed by atoms with Crippen LogP contribution in [0.15, 0.2) is 34.1 Å². The largest absolute Gasteiger partial charge is 0.414 e. The second-order valence-electron chi connectivity index (χ2n) is 8.02. The van der Waals surface area contributed by atoms with Gasteiger partial charge < -0.3 is 30.3 Å². The van der Waals surface area contributed by atoms with Gasteiger partial charge in [-0.1, -0.05) is 11.3 Å². The standard InChI is InChI=1S/C22H23BrN4O6S/c1-13-10-14(2-3-15(13)19(29)27-8-7-24-17(28)11-27)25-20(30)22(6-9-32-12-22)26-21(31)33-18-5-4-16(23)34-18/h2-5,10H,6-9,11-12H2,1H3,(H,24,28)(H,25,30)(H,26,31). The first kappa shape index (κ1) is 24.2. The molecule has 10 nitrogen and oxygen atoms in total. The summed E-state index contributed by atoms with van der Waals surface area (Å²) in [6, 6.07) is 8.32. The Morgan fingerprint density at radius 2 is 2.09 bits per heavy atom. The summed E-state index contributed by atoms with van der Waals surface area (Å²) >= 11 is 4.56. The summed E-state index contributed by atoms with van der Waals surface area (Å²) in [5.74, 6) is -0.876. The van der Waals surface area contributed by atoms with E-state index in [2.05, 4.69) is 31.9 Å². The molecule has 0 aliphatic carbocycles. The van der Waals surface area contributed by atoms with Crippen molar-refractivity contribution in [1.82, 2.24) is 15.5 Å². The van der Waals surface area contributed by atoms with Crippen LogP contribution in [-0.4, -0.2) is 67.1 Å². The minimum atomic E-state index is -1.28. The van der Waals surface area contributed by atoms with Crippen molar-refractivity contribution in [1.29, 1.82) is 0 Å². The summed E-state index contributed by atoms with van der Waals surface area (Å²) in [6.07, 6.45) is -0.466. The third kappa shape index (κ3) is 5.40. The maximum atomic E-state index is 13.2. The van der Waals surface area contributed by atoms with Crippen LogP contribution in [0.3, 0.4) is 0 Å². The fourth-order valence-corrected chi connectivity index (χ4v) is 4.97. The molecular weight excluding hydrogens is 528 g/mol. The van der Waals surface area contributed by atoms with Gasteiger partial charge in [-0.2, -0.15) is 0 Å². The number of carbonyl (C=O) groups is 4. The Kier molecular flexibility index (Phi) is 7.19. The van der Waals surface area contributed by atoms with Gasteiger partial charge in [0, 0.05) is 37.4 Å². The number of anilines is 1. The highest BCUT2D eigenvalue weighted by Gasteiger charge is 2.44. The van der Waals surface area contributed by atoms with Crippen LogP contribution < -0.4 is 20.7 Å². The lowest BCUT2D eigenvalue weighted by molar-refractivity contribution is -0.123. The fourth-order valence-electron chi connectivity index (χ4n) is 3.78. The number of piperazine rings is 1. The van der Waals surface area contributed by atoms with Gasteiger partial charge in [0.05, 0.1) is 16.9 Å². The van der Waals surface area contributed by atoms with E-state index in [0.717, 1.165) is 3.79 Å². The molecule has 12 heteroatoms. The van der Waals surface area contributed by atoms with E-state index in [9.17, 15) is 19.2 Å². The zero-order valence-electron chi connectivity index (χ0n) is 18.3. The van der Waals surface area contributed by atoms with E-state index in [1.165, 1.54) is 16.2 Å². The summed E-state index contributed by atoms with van der Waals surface area (Å²) < 4.78 is 11.5. The molecule has 4 rings (SSSR count). The number of nitrogens with one attached hydrogen (secondary N) is 3. The fraction of sp³-hybridized carbons (Fsp3) is 0.364. The number of nitrogens with zero attached hydrogens (tertiary/aromatic N) is 1. The number of halogens is 1. The molecule has 2 aliphatic heterocycles. The van der Waals surface area contributed by atoms with Crippen LogP contribution in [-0.2, 0) is 14.3 Å². The highest BCUT2D eigenvalue weighted by Crippen LogP contribution is 2.29. The lowest BCUT2D eigenvalue weighted by Crippen LogP contribution is -2.58. The van der Waals surface area contributed by atoms with Crippen LogP contribution in [0.2, 0.25) is 0 Å². The predicted molar refractivity (Wildman–Crippen MR) is 128 cm³/mol. The molecule has 3 heterocycles. The van der Waals surface area contributed by atoms with Crippen LogP contribution >= 0.6 is 27.3 Å². The van der Waals surface area contributed by atoms with Gasteiger partial charge in [-0.3, -0.25) is 14.4 Å². The van der Waals surface area contributed by atoms with E-state index in [1.807, 2.05) is 0 Å². The van der Waals surface area contributed by atoms with Crippen LogP contribution in [0.4, 0.5) is 10.5 Å². The third-order valence-electron chi connectivity index (χ3n) is 5.58. The maximum absolute atomic E-state index is 13.2. The van der Waals surface area contributed by atoms with E-state index in [4.69, 9.17) is 9.47 Å². The smallest absolute Gasteiger partial charge is 0.399 e. The normalized spacial score (nSPS) is 19.9. The van der Waals surface area contributed by atoms with E-state index >= 15 is 0 Å². The molecule has 0 saturated carbocycles. The van der Waals surface area contributed by atoms with Crippen LogP contribution in [0.1, 0.15) is 22.3 Å². The van der Waals surface area contributed by atoms with Gasteiger partial charge in [0.2, 0.25) is 5.91 Å². The molecule has 1 aromatic carbocycles. The Hall–Kier alpha value is -2.96. The quantitative estimate of drug-likeness (QED) is 0.524. The van der Waals surface area contributed by atoms with E-state index in [1.54, 1.807) is 37.3 Å². The van der Waals surface area contributed by atoms with Gasteiger partial charge in [-0.15, -0.1) is 0 Å². The van der Waals surface area contributed by atoms with Gasteiger partial charge in [0.1, 0.15) is 5.54 Å². The second kappa shape index (κ2) is 10.1. The van der Waals surface area contributed by atoms with Crippen molar-refractivity contribution in [2.75, 3.05) is 38.2 Å². The number of benzene rings is 1. The maximum Gasteiger partial charge on any atom is 0.414 e. The molecule has 1 unspecified atom stereocenters. The van der Waals surface area contributed by atoms with Gasteiger partial charge in [-0.25, -0.2) is 4.79 Å². The number of hydrogen-bond donors (Lipinski definition) is 3. The number of rotatable bonds is 5. The van der Waals surface area contributed by atoms with Crippen LogP contribution in [0.5, 0.6) is 5.06 Å².